The highest BCUT2D eigenvalue weighted by atomic mass is 16.6. The zero-order chi connectivity index (χ0) is 19.1. The van der Waals surface area contributed by atoms with Crippen LogP contribution in [0.25, 0.3) is 0 Å². The van der Waals surface area contributed by atoms with E-state index in [1.54, 1.807) is 33.5 Å². The molecule has 2 aliphatic rings. The van der Waals surface area contributed by atoms with Crippen LogP contribution < -0.4 is 23.7 Å². The summed E-state index contributed by atoms with van der Waals surface area (Å²) in [5.74, 6) is 2.34. The first-order valence-electron chi connectivity index (χ1n) is 8.44. The van der Waals surface area contributed by atoms with E-state index in [0.717, 1.165) is 11.1 Å². The number of ketones is 1. The number of carbonyl (C=O) groups excluding carboxylic acids is 1. The van der Waals surface area contributed by atoms with Gasteiger partial charge in [0.25, 0.3) is 0 Å². The minimum absolute atomic E-state index is 0.179. The lowest BCUT2D eigenvalue weighted by Crippen LogP contribution is -2.41. The second kappa shape index (κ2) is 6.66. The molecule has 2 unspecified atom stereocenters. The molecule has 0 amide bonds. The minimum atomic E-state index is -0.759. The Morgan fingerprint density at radius 1 is 0.852 bits per heavy atom. The van der Waals surface area contributed by atoms with Crippen molar-refractivity contribution in [2.75, 3.05) is 28.4 Å². The molecular formula is C20H20O7. The van der Waals surface area contributed by atoms with Gasteiger partial charge in [0.2, 0.25) is 5.78 Å². The molecule has 142 valence electrons. The molecule has 0 spiro atoms. The summed E-state index contributed by atoms with van der Waals surface area (Å²) in [4.78, 5) is 13.1. The molecule has 0 saturated carbocycles. The van der Waals surface area contributed by atoms with E-state index in [-0.39, 0.29) is 12.4 Å². The van der Waals surface area contributed by atoms with Crippen molar-refractivity contribution >= 4 is 5.78 Å². The summed E-state index contributed by atoms with van der Waals surface area (Å²) in [7, 11) is 6.19. The van der Waals surface area contributed by atoms with Gasteiger partial charge in [-0.15, -0.1) is 0 Å². The molecule has 4 rings (SSSR count). The largest absolute Gasteiger partial charge is 0.496 e. The fraction of sp³-hybridized carbons (Fsp3) is 0.350. The molecule has 2 aromatic rings. The Morgan fingerprint density at radius 2 is 1.56 bits per heavy atom. The summed E-state index contributed by atoms with van der Waals surface area (Å²) in [5.41, 5.74) is 2.09. The van der Waals surface area contributed by atoms with Crippen LogP contribution in [0.15, 0.2) is 24.3 Å². The van der Waals surface area contributed by atoms with Crippen LogP contribution in [0.4, 0.5) is 0 Å². The first-order chi connectivity index (χ1) is 13.1. The summed E-state index contributed by atoms with van der Waals surface area (Å²) >= 11 is 0. The third kappa shape index (κ3) is 2.66. The molecule has 0 fully saturated rings. The van der Waals surface area contributed by atoms with Crippen molar-refractivity contribution in [3.8, 4) is 28.7 Å². The van der Waals surface area contributed by atoms with E-state index in [4.69, 9.17) is 28.4 Å². The van der Waals surface area contributed by atoms with Crippen LogP contribution in [-0.4, -0.2) is 40.3 Å². The van der Waals surface area contributed by atoms with Crippen molar-refractivity contribution in [1.82, 2.24) is 0 Å². The van der Waals surface area contributed by atoms with Gasteiger partial charge in [0.05, 0.1) is 35.0 Å². The number of carbonyl (C=O) groups is 1. The summed E-state index contributed by atoms with van der Waals surface area (Å²) in [6, 6.07) is 7.02. The maximum atomic E-state index is 13.1. The van der Waals surface area contributed by atoms with Crippen molar-refractivity contribution in [2.45, 2.75) is 18.8 Å². The Hall–Kier alpha value is -2.93. The predicted molar refractivity (Wildman–Crippen MR) is 95.4 cm³/mol. The first kappa shape index (κ1) is 17.5. The van der Waals surface area contributed by atoms with Gasteiger partial charge in [-0.3, -0.25) is 4.79 Å². The Morgan fingerprint density at radius 3 is 2.22 bits per heavy atom. The molecular weight excluding hydrogens is 352 g/mol. The third-order valence-corrected chi connectivity index (χ3v) is 4.90. The van der Waals surface area contributed by atoms with Crippen LogP contribution in [0.3, 0.4) is 0 Å². The van der Waals surface area contributed by atoms with Gasteiger partial charge in [0, 0.05) is 17.7 Å². The fourth-order valence-electron chi connectivity index (χ4n) is 3.55. The number of methoxy groups -OCH3 is 4. The smallest absolute Gasteiger partial charge is 0.203 e. The number of hydrogen-bond acceptors (Lipinski definition) is 7. The highest BCUT2D eigenvalue weighted by Crippen LogP contribution is 2.47. The summed E-state index contributed by atoms with van der Waals surface area (Å²) in [6.07, 6.45) is -1.35. The monoisotopic (exact) mass is 372 g/mol. The average molecular weight is 372 g/mol. The van der Waals surface area contributed by atoms with E-state index in [1.165, 1.54) is 7.11 Å². The van der Waals surface area contributed by atoms with Gasteiger partial charge in [-0.1, -0.05) is 0 Å². The first-order valence-corrected chi connectivity index (χ1v) is 8.44. The molecule has 2 aromatic carbocycles. The molecule has 2 heterocycles. The summed E-state index contributed by atoms with van der Waals surface area (Å²) in [6.45, 7) is 0.278. The second-order valence-corrected chi connectivity index (χ2v) is 6.24. The molecule has 0 bridgehead atoms. The number of hydrogen-bond donors (Lipinski definition) is 0. The van der Waals surface area contributed by atoms with Gasteiger partial charge in [-0.2, -0.15) is 0 Å². The van der Waals surface area contributed by atoms with Gasteiger partial charge >= 0.3 is 0 Å². The van der Waals surface area contributed by atoms with Crippen LogP contribution in [0.2, 0.25) is 0 Å². The zero-order valence-corrected chi connectivity index (χ0v) is 15.5. The Balaban J connectivity index is 1.84. The molecule has 0 aromatic heterocycles. The Bertz CT molecular complexity index is 906. The quantitative estimate of drug-likeness (QED) is 0.817. The molecule has 0 radical (unpaired) electrons. The molecule has 0 aliphatic carbocycles. The highest BCUT2D eigenvalue weighted by Gasteiger charge is 2.44. The van der Waals surface area contributed by atoms with Crippen molar-refractivity contribution in [3.63, 3.8) is 0 Å². The molecule has 0 saturated heterocycles. The Labute approximate surface area is 156 Å². The second-order valence-electron chi connectivity index (χ2n) is 6.24. The number of benzene rings is 2. The topological polar surface area (TPSA) is 72.5 Å². The van der Waals surface area contributed by atoms with Gasteiger partial charge in [0.15, 0.2) is 23.7 Å². The normalized spacial score (nSPS) is 19.9. The minimum Gasteiger partial charge on any atom is -0.496 e. The van der Waals surface area contributed by atoms with Gasteiger partial charge in [-0.05, 0) is 17.7 Å². The maximum absolute atomic E-state index is 13.1. The summed E-state index contributed by atoms with van der Waals surface area (Å²) in [5, 5.41) is 0. The van der Waals surface area contributed by atoms with Crippen molar-refractivity contribution in [3.05, 3.63) is 41.0 Å². The number of Topliss-reactive ketones (excluding diaryl/α,β-unsaturated/α-hetero) is 1. The van der Waals surface area contributed by atoms with Crippen LogP contribution in [0.1, 0.15) is 27.6 Å². The van der Waals surface area contributed by atoms with Crippen molar-refractivity contribution in [1.29, 1.82) is 0 Å². The van der Waals surface area contributed by atoms with E-state index < -0.39 is 12.2 Å². The zero-order valence-electron chi connectivity index (χ0n) is 15.5. The van der Waals surface area contributed by atoms with Crippen LogP contribution in [0, 0.1) is 0 Å². The van der Waals surface area contributed by atoms with Gasteiger partial charge in [-0.25, -0.2) is 0 Å². The Kier molecular flexibility index (Phi) is 4.31. The van der Waals surface area contributed by atoms with E-state index in [9.17, 15) is 4.79 Å². The van der Waals surface area contributed by atoms with E-state index in [0.29, 0.717) is 34.3 Å². The molecule has 27 heavy (non-hydrogen) atoms. The van der Waals surface area contributed by atoms with Crippen LogP contribution in [0.5, 0.6) is 28.7 Å². The SMILES string of the molecule is COc1cc(OC)c2c(c1)OC1c3cc(OC)c(OC)cc3COC1C2=O. The van der Waals surface area contributed by atoms with Crippen LogP contribution in [-0.2, 0) is 11.3 Å². The lowest BCUT2D eigenvalue weighted by molar-refractivity contribution is -0.0427. The van der Waals surface area contributed by atoms with E-state index in [2.05, 4.69) is 0 Å². The number of fused-ring (bicyclic) bond motifs is 4. The number of ether oxygens (including phenoxy) is 6. The van der Waals surface area contributed by atoms with Gasteiger partial charge < -0.3 is 28.4 Å². The molecule has 2 atom stereocenters. The van der Waals surface area contributed by atoms with Crippen LogP contribution >= 0.6 is 0 Å². The van der Waals surface area contributed by atoms with E-state index >= 15 is 0 Å². The van der Waals surface area contributed by atoms with E-state index in [1.807, 2.05) is 12.1 Å². The lowest BCUT2D eigenvalue weighted by Gasteiger charge is -2.37. The molecule has 7 nitrogen and oxygen atoms in total. The average Bonchev–Trinajstić information content (AvgIpc) is 2.71. The van der Waals surface area contributed by atoms with Gasteiger partial charge in [0.1, 0.15) is 22.8 Å². The molecule has 0 N–H and O–H groups in total. The highest BCUT2D eigenvalue weighted by molar-refractivity contribution is 6.06. The third-order valence-electron chi connectivity index (χ3n) is 4.90. The lowest BCUT2D eigenvalue weighted by atomic mass is 9.88. The van der Waals surface area contributed by atoms with Crippen molar-refractivity contribution in [2.24, 2.45) is 0 Å². The predicted octanol–water partition coefficient (Wildman–Crippen LogP) is 2.94. The summed E-state index contributed by atoms with van der Waals surface area (Å²) < 4.78 is 33.5. The molecule has 7 heteroatoms. The maximum Gasteiger partial charge on any atom is 0.203 e. The fourth-order valence-corrected chi connectivity index (χ4v) is 3.55. The van der Waals surface area contributed by atoms with Crippen molar-refractivity contribution < 1.29 is 33.2 Å². The molecule has 2 aliphatic heterocycles. The standard InChI is InChI=1S/C20H20O7/c1-22-11-6-15(25-4)17-16(7-11)27-19-12-8-14(24-3)13(23-2)5-10(12)9-26-20(19)18(17)21/h5-8,19-20H,9H2,1-4H3. The number of rotatable bonds is 4.